The molecule has 0 radical (unpaired) electrons. The molecule has 2 N–H and O–H groups in total. The topological polar surface area (TPSA) is 38.5 Å². The summed E-state index contributed by atoms with van der Waals surface area (Å²) in [6.45, 7) is 2.22. The lowest BCUT2D eigenvalue weighted by Gasteiger charge is -2.28. The molecule has 1 aromatic carbocycles. The smallest absolute Gasteiger partial charge is 0.143 e. The molecule has 82 valence electrons. The van der Waals surface area contributed by atoms with Gasteiger partial charge in [-0.15, -0.1) is 0 Å². The third kappa shape index (κ3) is 2.31. The fourth-order valence-electron chi connectivity index (χ4n) is 1.72. The van der Waals surface area contributed by atoms with Crippen LogP contribution in [-0.2, 0) is 0 Å². The summed E-state index contributed by atoms with van der Waals surface area (Å²) in [5.41, 5.74) is 7.69. The van der Waals surface area contributed by atoms with Crippen molar-refractivity contribution in [3.63, 3.8) is 0 Å². The van der Waals surface area contributed by atoms with E-state index >= 15 is 0 Å². The summed E-state index contributed by atoms with van der Waals surface area (Å²) in [6.07, 6.45) is 0. The maximum absolute atomic E-state index is 5.78. The number of nitrogen functional groups attached to an aromatic ring is 1. The average molecular weight is 224 g/mol. The number of rotatable bonds is 2. The molecule has 1 saturated heterocycles. The molecule has 2 rings (SSSR count). The largest absolute Gasteiger partial charge is 0.495 e. The average Bonchev–Trinajstić information content (AvgIpc) is 2.31. The molecule has 1 heterocycles. The molecular formula is C11H16N2OS. The van der Waals surface area contributed by atoms with E-state index in [1.807, 2.05) is 23.9 Å². The Hall–Kier alpha value is -1.03. The van der Waals surface area contributed by atoms with Gasteiger partial charge in [-0.05, 0) is 12.1 Å². The van der Waals surface area contributed by atoms with E-state index in [1.54, 1.807) is 7.11 Å². The molecule has 0 unspecified atom stereocenters. The minimum absolute atomic E-state index is 0.702. The standard InChI is InChI=1S/C11H16N2OS/c1-14-11-8-9(2-3-10(11)12)13-4-6-15-7-5-13/h2-3,8H,4-7,12H2,1H3. The van der Waals surface area contributed by atoms with Gasteiger partial charge in [0.05, 0.1) is 12.8 Å². The van der Waals surface area contributed by atoms with Crippen LogP contribution in [0.1, 0.15) is 0 Å². The van der Waals surface area contributed by atoms with Crippen molar-refractivity contribution >= 4 is 23.1 Å². The number of benzene rings is 1. The zero-order valence-electron chi connectivity index (χ0n) is 8.90. The van der Waals surface area contributed by atoms with Crippen LogP contribution >= 0.6 is 11.8 Å². The normalized spacial score (nSPS) is 16.5. The SMILES string of the molecule is COc1cc(N2CCSCC2)ccc1N. The fourth-order valence-corrected chi connectivity index (χ4v) is 2.62. The molecule has 3 nitrogen and oxygen atoms in total. The summed E-state index contributed by atoms with van der Waals surface area (Å²) >= 11 is 2.01. The number of anilines is 2. The maximum atomic E-state index is 5.78. The molecule has 0 saturated carbocycles. The van der Waals surface area contributed by atoms with E-state index in [0.717, 1.165) is 18.8 Å². The highest BCUT2D eigenvalue weighted by atomic mass is 32.2. The third-order valence-corrected chi connectivity index (χ3v) is 3.54. The first-order chi connectivity index (χ1) is 7.31. The summed E-state index contributed by atoms with van der Waals surface area (Å²) in [7, 11) is 1.65. The summed E-state index contributed by atoms with van der Waals surface area (Å²) in [5, 5.41) is 0. The molecule has 0 aromatic heterocycles. The number of hydrogen-bond acceptors (Lipinski definition) is 4. The van der Waals surface area contributed by atoms with Crippen molar-refractivity contribution in [2.75, 3.05) is 42.3 Å². The summed E-state index contributed by atoms with van der Waals surface area (Å²) in [4.78, 5) is 2.37. The Balaban J connectivity index is 2.20. The van der Waals surface area contributed by atoms with Crippen LogP contribution in [-0.4, -0.2) is 31.7 Å². The first-order valence-corrected chi connectivity index (χ1v) is 6.23. The Kier molecular flexibility index (Phi) is 3.26. The molecule has 0 amide bonds. The number of thioether (sulfide) groups is 1. The molecule has 1 aliphatic rings. The second kappa shape index (κ2) is 4.66. The Morgan fingerprint density at radius 3 is 2.73 bits per heavy atom. The lowest BCUT2D eigenvalue weighted by atomic mass is 10.2. The highest BCUT2D eigenvalue weighted by Crippen LogP contribution is 2.28. The summed E-state index contributed by atoms with van der Waals surface area (Å²) in [6, 6.07) is 6.00. The van der Waals surface area contributed by atoms with Crippen LogP contribution in [0.2, 0.25) is 0 Å². The van der Waals surface area contributed by atoms with Crippen LogP contribution in [0.5, 0.6) is 5.75 Å². The third-order valence-electron chi connectivity index (χ3n) is 2.59. The van der Waals surface area contributed by atoms with Gasteiger partial charge in [0.15, 0.2) is 0 Å². The number of ether oxygens (including phenoxy) is 1. The lowest BCUT2D eigenvalue weighted by Crippen LogP contribution is -2.32. The van der Waals surface area contributed by atoms with Gasteiger partial charge in [-0.3, -0.25) is 0 Å². The fraction of sp³-hybridized carbons (Fsp3) is 0.455. The second-order valence-corrected chi connectivity index (χ2v) is 4.75. The molecule has 0 atom stereocenters. The summed E-state index contributed by atoms with van der Waals surface area (Å²) < 4.78 is 5.22. The summed E-state index contributed by atoms with van der Waals surface area (Å²) in [5.74, 6) is 3.17. The van der Waals surface area contributed by atoms with Crippen LogP contribution < -0.4 is 15.4 Å². The Bertz CT molecular complexity index is 337. The van der Waals surface area contributed by atoms with Crippen LogP contribution in [0.25, 0.3) is 0 Å². The van der Waals surface area contributed by atoms with E-state index in [2.05, 4.69) is 11.0 Å². The van der Waals surface area contributed by atoms with E-state index in [1.165, 1.54) is 17.2 Å². The molecule has 1 aromatic rings. The quantitative estimate of drug-likeness (QED) is 0.778. The van der Waals surface area contributed by atoms with Crippen molar-refractivity contribution in [1.29, 1.82) is 0 Å². The van der Waals surface area contributed by atoms with Gasteiger partial charge in [0.1, 0.15) is 5.75 Å². The van der Waals surface area contributed by atoms with Gasteiger partial charge in [-0.25, -0.2) is 0 Å². The first kappa shape index (κ1) is 10.5. The van der Waals surface area contributed by atoms with Gasteiger partial charge in [0.2, 0.25) is 0 Å². The van der Waals surface area contributed by atoms with Crippen LogP contribution in [0.3, 0.4) is 0 Å². The highest BCUT2D eigenvalue weighted by molar-refractivity contribution is 7.99. The van der Waals surface area contributed by atoms with Gasteiger partial charge in [0.25, 0.3) is 0 Å². The van der Waals surface area contributed by atoms with E-state index < -0.39 is 0 Å². The molecule has 4 heteroatoms. The van der Waals surface area contributed by atoms with Gasteiger partial charge in [-0.2, -0.15) is 11.8 Å². The molecule has 1 aliphatic heterocycles. The van der Waals surface area contributed by atoms with E-state index in [9.17, 15) is 0 Å². The minimum atomic E-state index is 0.702. The van der Waals surface area contributed by atoms with Crippen LogP contribution in [0.15, 0.2) is 18.2 Å². The predicted molar refractivity (Wildman–Crippen MR) is 66.9 cm³/mol. The van der Waals surface area contributed by atoms with Crippen molar-refractivity contribution in [3.8, 4) is 5.75 Å². The number of nitrogens with zero attached hydrogens (tertiary/aromatic N) is 1. The van der Waals surface area contributed by atoms with E-state index in [4.69, 9.17) is 10.5 Å². The van der Waals surface area contributed by atoms with Gasteiger partial charge in [-0.1, -0.05) is 0 Å². The monoisotopic (exact) mass is 224 g/mol. The number of hydrogen-bond donors (Lipinski definition) is 1. The lowest BCUT2D eigenvalue weighted by molar-refractivity contribution is 0.417. The predicted octanol–water partition coefficient (Wildman–Crippen LogP) is 1.83. The van der Waals surface area contributed by atoms with Crippen LogP contribution in [0, 0.1) is 0 Å². The zero-order valence-corrected chi connectivity index (χ0v) is 9.72. The molecule has 1 fully saturated rings. The van der Waals surface area contributed by atoms with Crippen molar-refractivity contribution < 1.29 is 4.74 Å². The molecule has 0 aliphatic carbocycles. The van der Waals surface area contributed by atoms with Crippen molar-refractivity contribution in [2.24, 2.45) is 0 Å². The Morgan fingerprint density at radius 2 is 2.07 bits per heavy atom. The molecule has 0 bridgehead atoms. The molecule has 15 heavy (non-hydrogen) atoms. The highest BCUT2D eigenvalue weighted by Gasteiger charge is 2.12. The Labute approximate surface area is 94.6 Å². The minimum Gasteiger partial charge on any atom is -0.495 e. The van der Waals surface area contributed by atoms with Crippen LogP contribution in [0.4, 0.5) is 11.4 Å². The molecule has 0 spiro atoms. The van der Waals surface area contributed by atoms with Gasteiger partial charge in [0, 0.05) is 36.3 Å². The second-order valence-electron chi connectivity index (χ2n) is 3.53. The van der Waals surface area contributed by atoms with Crippen molar-refractivity contribution in [2.45, 2.75) is 0 Å². The number of methoxy groups -OCH3 is 1. The van der Waals surface area contributed by atoms with E-state index in [-0.39, 0.29) is 0 Å². The number of nitrogens with two attached hydrogens (primary N) is 1. The molecular weight excluding hydrogens is 208 g/mol. The Morgan fingerprint density at radius 1 is 1.33 bits per heavy atom. The van der Waals surface area contributed by atoms with Gasteiger partial charge < -0.3 is 15.4 Å². The van der Waals surface area contributed by atoms with Crippen molar-refractivity contribution in [1.82, 2.24) is 0 Å². The van der Waals surface area contributed by atoms with Gasteiger partial charge >= 0.3 is 0 Å². The van der Waals surface area contributed by atoms with E-state index in [0.29, 0.717) is 5.69 Å². The van der Waals surface area contributed by atoms with Crippen molar-refractivity contribution in [3.05, 3.63) is 18.2 Å². The zero-order chi connectivity index (χ0) is 10.7. The maximum Gasteiger partial charge on any atom is 0.143 e. The first-order valence-electron chi connectivity index (χ1n) is 5.07.